The molecule has 1 rings (SSSR count). The van der Waals surface area contributed by atoms with Gasteiger partial charge in [0.25, 0.3) is 0 Å². The second-order valence-electron chi connectivity index (χ2n) is 5.29. The minimum atomic E-state index is -4.63. The van der Waals surface area contributed by atoms with Gasteiger partial charge in [0.2, 0.25) is 0 Å². The molecule has 0 aliphatic carbocycles. The molecule has 2 nitrogen and oxygen atoms in total. The smallest absolute Gasteiger partial charge is 0.391 e. The molecule has 3 N–H and O–H groups in total. The molecule has 0 saturated heterocycles. The van der Waals surface area contributed by atoms with Crippen LogP contribution in [0, 0.1) is 11.7 Å². The molecule has 0 aliphatic heterocycles. The minimum absolute atomic E-state index is 0. The topological polar surface area (TPSA) is 46.2 Å². The fourth-order valence-corrected chi connectivity index (χ4v) is 1.96. The lowest BCUT2D eigenvalue weighted by molar-refractivity contribution is -0.138. The molecule has 1 aromatic carbocycles. The van der Waals surface area contributed by atoms with Gasteiger partial charge in [-0.1, -0.05) is 13.8 Å². The molecular formula is C14H20ClF4NO. The van der Waals surface area contributed by atoms with Gasteiger partial charge in [-0.25, -0.2) is 4.39 Å². The Hall–Kier alpha value is -0.850. The highest BCUT2D eigenvalue weighted by molar-refractivity contribution is 5.85. The van der Waals surface area contributed by atoms with Crippen LogP contribution in [0.1, 0.15) is 43.9 Å². The SMILES string of the molecule is CC(C)CC[C@H](O)[C@H](N)c1cc(F)ccc1C(F)(F)F.Cl. The van der Waals surface area contributed by atoms with Crippen molar-refractivity contribution in [3.63, 3.8) is 0 Å². The van der Waals surface area contributed by atoms with E-state index >= 15 is 0 Å². The fraction of sp³-hybridized carbons (Fsp3) is 0.571. The third-order valence-corrected chi connectivity index (χ3v) is 3.13. The number of aliphatic hydroxyl groups excluding tert-OH is 1. The number of rotatable bonds is 5. The highest BCUT2D eigenvalue weighted by Crippen LogP contribution is 2.35. The molecule has 0 aliphatic rings. The van der Waals surface area contributed by atoms with Crippen molar-refractivity contribution in [2.45, 2.75) is 45.0 Å². The number of hydrogen-bond acceptors (Lipinski definition) is 2. The summed E-state index contributed by atoms with van der Waals surface area (Å²) < 4.78 is 51.7. The Balaban J connectivity index is 0.00000400. The highest BCUT2D eigenvalue weighted by atomic mass is 35.5. The Morgan fingerprint density at radius 1 is 1.19 bits per heavy atom. The van der Waals surface area contributed by atoms with Gasteiger partial charge in [0, 0.05) is 0 Å². The normalized spacial score (nSPS) is 14.7. The van der Waals surface area contributed by atoms with Crippen LogP contribution in [-0.4, -0.2) is 11.2 Å². The second-order valence-corrected chi connectivity index (χ2v) is 5.29. The van der Waals surface area contributed by atoms with Gasteiger partial charge in [0.1, 0.15) is 5.82 Å². The lowest BCUT2D eigenvalue weighted by Crippen LogP contribution is -2.29. The van der Waals surface area contributed by atoms with Crippen LogP contribution in [0.2, 0.25) is 0 Å². The van der Waals surface area contributed by atoms with Gasteiger partial charge in [0.05, 0.1) is 17.7 Å². The number of hydrogen-bond donors (Lipinski definition) is 2. The maximum atomic E-state index is 13.2. The van der Waals surface area contributed by atoms with E-state index in [0.29, 0.717) is 18.4 Å². The third kappa shape index (κ3) is 5.80. The fourth-order valence-electron chi connectivity index (χ4n) is 1.96. The van der Waals surface area contributed by atoms with Gasteiger partial charge in [-0.3, -0.25) is 0 Å². The van der Waals surface area contributed by atoms with E-state index in [1.54, 1.807) is 0 Å². The maximum Gasteiger partial charge on any atom is 0.416 e. The van der Waals surface area contributed by atoms with Gasteiger partial charge in [-0.2, -0.15) is 13.2 Å². The third-order valence-electron chi connectivity index (χ3n) is 3.13. The molecule has 0 spiro atoms. The lowest BCUT2D eigenvalue weighted by atomic mass is 9.92. The first-order valence-corrected chi connectivity index (χ1v) is 6.43. The molecule has 0 aromatic heterocycles. The van der Waals surface area contributed by atoms with Crippen LogP contribution < -0.4 is 5.73 Å². The van der Waals surface area contributed by atoms with E-state index in [-0.39, 0.29) is 18.8 Å². The van der Waals surface area contributed by atoms with Crippen molar-refractivity contribution in [2.75, 3.05) is 0 Å². The Morgan fingerprint density at radius 2 is 1.76 bits per heavy atom. The van der Waals surface area contributed by atoms with Crippen LogP contribution in [0.15, 0.2) is 18.2 Å². The molecule has 0 amide bonds. The predicted octanol–water partition coefficient (Wildman–Crippen LogP) is 4.06. The quantitative estimate of drug-likeness (QED) is 0.800. The van der Waals surface area contributed by atoms with Crippen LogP contribution in [-0.2, 0) is 6.18 Å². The van der Waals surface area contributed by atoms with E-state index in [1.165, 1.54) is 0 Å². The zero-order chi connectivity index (χ0) is 15.5. The molecular weight excluding hydrogens is 310 g/mol. The van der Waals surface area contributed by atoms with E-state index in [4.69, 9.17) is 5.73 Å². The molecule has 0 saturated carbocycles. The van der Waals surface area contributed by atoms with Gasteiger partial charge in [0.15, 0.2) is 0 Å². The molecule has 7 heteroatoms. The van der Waals surface area contributed by atoms with Crippen molar-refractivity contribution >= 4 is 12.4 Å². The number of benzene rings is 1. The van der Waals surface area contributed by atoms with Crippen molar-refractivity contribution in [3.05, 3.63) is 35.1 Å². The molecule has 0 heterocycles. The minimum Gasteiger partial charge on any atom is -0.391 e. The Morgan fingerprint density at radius 3 is 2.24 bits per heavy atom. The zero-order valence-corrected chi connectivity index (χ0v) is 12.6. The van der Waals surface area contributed by atoms with Crippen LogP contribution in [0.3, 0.4) is 0 Å². The summed E-state index contributed by atoms with van der Waals surface area (Å²) in [6, 6.07) is 0.867. The highest BCUT2D eigenvalue weighted by Gasteiger charge is 2.36. The van der Waals surface area contributed by atoms with Gasteiger partial charge < -0.3 is 10.8 Å². The molecule has 2 atom stereocenters. The average Bonchev–Trinajstić information content (AvgIpc) is 2.33. The predicted molar refractivity (Wildman–Crippen MR) is 75.7 cm³/mol. The first-order chi connectivity index (χ1) is 9.12. The summed E-state index contributed by atoms with van der Waals surface area (Å²) >= 11 is 0. The first kappa shape index (κ1) is 20.1. The summed E-state index contributed by atoms with van der Waals surface area (Å²) in [5.74, 6) is -0.508. The molecule has 21 heavy (non-hydrogen) atoms. The Labute approximate surface area is 127 Å². The summed E-state index contributed by atoms with van der Waals surface area (Å²) in [5.41, 5.74) is 4.26. The van der Waals surface area contributed by atoms with Gasteiger partial charge >= 0.3 is 6.18 Å². The van der Waals surface area contributed by atoms with Gasteiger partial charge in [-0.15, -0.1) is 12.4 Å². The molecule has 122 valence electrons. The van der Waals surface area contributed by atoms with E-state index in [9.17, 15) is 22.7 Å². The molecule has 0 bridgehead atoms. The van der Waals surface area contributed by atoms with Crippen molar-refractivity contribution in [1.29, 1.82) is 0 Å². The van der Waals surface area contributed by atoms with Crippen molar-refractivity contribution in [2.24, 2.45) is 11.7 Å². The Kier molecular flexibility index (Phi) is 7.64. The molecule has 1 aromatic rings. The van der Waals surface area contributed by atoms with Crippen molar-refractivity contribution in [1.82, 2.24) is 0 Å². The monoisotopic (exact) mass is 329 g/mol. The number of aliphatic hydroxyl groups is 1. The summed E-state index contributed by atoms with van der Waals surface area (Å²) in [5, 5.41) is 9.89. The first-order valence-electron chi connectivity index (χ1n) is 6.43. The molecule has 0 unspecified atom stereocenters. The molecule has 0 fully saturated rings. The second kappa shape index (κ2) is 7.96. The average molecular weight is 330 g/mol. The molecule has 0 radical (unpaired) electrons. The largest absolute Gasteiger partial charge is 0.416 e. The van der Waals surface area contributed by atoms with E-state index in [0.717, 1.165) is 12.1 Å². The lowest BCUT2D eigenvalue weighted by Gasteiger charge is -2.23. The van der Waals surface area contributed by atoms with Crippen LogP contribution in [0.25, 0.3) is 0 Å². The summed E-state index contributed by atoms with van der Waals surface area (Å²) in [6.07, 6.45) is -4.86. The maximum absolute atomic E-state index is 13.2. The number of alkyl halides is 3. The van der Waals surface area contributed by atoms with E-state index in [1.807, 2.05) is 13.8 Å². The standard InChI is InChI=1S/C14H19F4NO.ClH/c1-8(2)3-6-12(20)13(19)10-7-9(15)4-5-11(10)14(16,17)18;/h4-5,7-8,12-13,20H,3,6,19H2,1-2H3;1H/t12-,13+;/m0./s1. The van der Waals surface area contributed by atoms with E-state index < -0.39 is 35.3 Å². The van der Waals surface area contributed by atoms with Crippen LogP contribution in [0.4, 0.5) is 17.6 Å². The zero-order valence-electron chi connectivity index (χ0n) is 11.8. The van der Waals surface area contributed by atoms with Crippen molar-refractivity contribution < 1.29 is 22.7 Å². The Bertz CT molecular complexity index is 451. The number of halogens is 5. The van der Waals surface area contributed by atoms with Crippen molar-refractivity contribution in [3.8, 4) is 0 Å². The summed E-state index contributed by atoms with van der Waals surface area (Å²) in [7, 11) is 0. The summed E-state index contributed by atoms with van der Waals surface area (Å²) in [4.78, 5) is 0. The van der Waals surface area contributed by atoms with E-state index in [2.05, 4.69) is 0 Å². The van der Waals surface area contributed by atoms with Crippen LogP contribution >= 0.6 is 12.4 Å². The number of nitrogens with two attached hydrogens (primary N) is 1. The summed E-state index contributed by atoms with van der Waals surface area (Å²) in [6.45, 7) is 3.86. The van der Waals surface area contributed by atoms with Crippen LogP contribution in [0.5, 0.6) is 0 Å². The van der Waals surface area contributed by atoms with Gasteiger partial charge in [-0.05, 0) is 42.5 Å².